The van der Waals surface area contributed by atoms with Crippen molar-refractivity contribution in [2.75, 3.05) is 0 Å². The second kappa shape index (κ2) is 6.88. The molecule has 0 radical (unpaired) electrons. The first kappa shape index (κ1) is 17.7. The number of nitrogens with zero attached hydrogens (tertiary/aromatic N) is 3. The van der Waals surface area contributed by atoms with E-state index < -0.39 is 16.5 Å². The van der Waals surface area contributed by atoms with Crippen molar-refractivity contribution in [3.8, 4) is 11.6 Å². The van der Waals surface area contributed by atoms with Crippen LogP contribution in [0.1, 0.15) is 20.8 Å². The molecule has 0 bridgehead atoms. The highest BCUT2D eigenvalue weighted by molar-refractivity contribution is 6.32. The van der Waals surface area contributed by atoms with Crippen LogP contribution in [-0.4, -0.2) is 26.3 Å². The molecule has 0 aliphatic heterocycles. The van der Waals surface area contributed by atoms with Gasteiger partial charge in [0, 0.05) is 24.4 Å². The maximum Gasteiger partial charge on any atom is 0.328 e. The molecule has 1 aromatic heterocycles. The van der Waals surface area contributed by atoms with Crippen molar-refractivity contribution < 1.29 is 19.2 Å². The Morgan fingerprint density at radius 2 is 2.08 bits per heavy atom. The van der Waals surface area contributed by atoms with Crippen LogP contribution >= 0.6 is 11.6 Å². The lowest BCUT2D eigenvalue weighted by Crippen LogP contribution is -2.26. The topological polar surface area (TPSA) is 96.5 Å². The Balaban J connectivity index is 2.02. The maximum absolute atomic E-state index is 11.7. The average molecular weight is 354 g/mol. The predicted molar refractivity (Wildman–Crippen MR) is 86.3 cm³/mol. The van der Waals surface area contributed by atoms with E-state index in [9.17, 15) is 14.9 Å². The van der Waals surface area contributed by atoms with E-state index in [0.29, 0.717) is 5.75 Å². The number of esters is 1. The number of nitro groups is 1. The van der Waals surface area contributed by atoms with Gasteiger partial charge in [0.2, 0.25) is 5.88 Å². The number of carbonyl (C=O) groups excluding carboxylic acids is 1. The molecule has 0 N–H and O–H groups in total. The molecular weight excluding hydrogens is 338 g/mol. The highest BCUT2D eigenvalue weighted by Crippen LogP contribution is 2.30. The lowest BCUT2D eigenvalue weighted by atomic mass is 10.2. The van der Waals surface area contributed by atoms with E-state index in [1.165, 1.54) is 22.9 Å². The fourth-order valence-electron chi connectivity index (χ4n) is 1.81. The molecule has 0 aliphatic rings. The third-order valence-electron chi connectivity index (χ3n) is 2.67. The SMILES string of the molecule is CC(C)(C)OC(=O)Cn1ccc(Oc2ccc([N+](=O)[O-])c(Cl)c2)n1. The second-order valence-electron chi connectivity index (χ2n) is 5.91. The van der Waals surface area contributed by atoms with Crippen LogP contribution in [-0.2, 0) is 16.1 Å². The molecule has 0 unspecified atom stereocenters. The number of nitro benzene ring substituents is 1. The Bertz CT molecular complexity index is 767. The molecule has 2 aromatic rings. The number of hydrogen-bond acceptors (Lipinski definition) is 6. The van der Waals surface area contributed by atoms with Crippen molar-refractivity contribution in [3.05, 3.63) is 45.6 Å². The summed E-state index contributed by atoms with van der Waals surface area (Å²) < 4.78 is 12.0. The van der Waals surface area contributed by atoms with Gasteiger partial charge in [-0.1, -0.05) is 11.6 Å². The summed E-state index contributed by atoms with van der Waals surface area (Å²) in [4.78, 5) is 21.9. The Morgan fingerprint density at radius 3 is 2.67 bits per heavy atom. The first-order valence-corrected chi connectivity index (χ1v) is 7.39. The van der Waals surface area contributed by atoms with E-state index in [2.05, 4.69) is 5.10 Å². The van der Waals surface area contributed by atoms with E-state index in [4.69, 9.17) is 21.1 Å². The molecule has 0 saturated heterocycles. The quantitative estimate of drug-likeness (QED) is 0.463. The zero-order chi connectivity index (χ0) is 17.9. The van der Waals surface area contributed by atoms with Crippen LogP contribution in [0.15, 0.2) is 30.5 Å². The van der Waals surface area contributed by atoms with Gasteiger partial charge >= 0.3 is 5.97 Å². The number of aromatic nitrogens is 2. The monoisotopic (exact) mass is 353 g/mol. The molecule has 128 valence electrons. The van der Waals surface area contributed by atoms with Crippen molar-refractivity contribution in [2.24, 2.45) is 0 Å². The molecule has 9 heteroatoms. The second-order valence-corrected chi connectivity index (χ2v) is 6.32. The maximum atomic E-state index is 11.7. The number of ether oxygens (including phenoxy) is 2. The van der Waals surface area contributed by atoms with Gasteiger partial charge in [-0.05, 0) is 26.8 Å². The summed E-state index contributed by atoms with van der Waals surface area (Å²) in [7, 11) is 0. The van der Waals surface area contributed by atoms with Gasteiger partial charge in [-0.2, -0.15) is 0 Å². The summed E-state index contributed by atoms with van der Waals surface area (Å²) in [5.74, 6) is 0.104. The molecular formula is C15H16ClN3O5. The first-order chi connectivity index (χ1) is 11.1. The first-order valence-electron chi connectivity index (χ1n) is 7.01. The van der Waals surface area contributed by atoms with Crippen molar-refractivity contribution in [1.29, 1.82) is 0 Å². The Morgan fingerprint density at radius 1 is 1.38 bits per heavy atom. The number of rotatable bonds is 5. The molecule has 1 aromatic carbocycles. The minimum absolute atomic E-state index is 0.0364. The molecule has 2 rings (SSSR count). The van der Waals surface area contributed by atoms with Gasteiger partial charge in [-0.3, -0.25) is 19.6 Å². The van der Waals surface area contributed by atoms with Gasteiger partial charge in [-0.15, -0.1) is 5.10 Å². The van der Waals surface area contributed by atoms with E-state index >= 15 is 0 Å². The van der Waals surface area contributed by atoms with Crippen molar-refractivity contribution in [2.45, 2.75) is 32.9 Å². The van der Waals surface area contributed by atoms with Crippen molar-refractivity contribution in [3.63, 3.8) is 0 Å². The molecule has 8 nitrogen and oxygen atoms in total. The third-order valence-corrected chi connectivity index (χ3v) is 2.97. The molecule has 24 heavy (non-hydrogen) atoms. The average Bonchev–Trinajstić information content (AvgIpc) is 2.83. The zero-order valence-corrected chi connectivity index (χ0v) is 14.1. The predicted octanol–water partition coefficient (Wildman–Crippen LogP) is 3.58. The third kappa shape index (κ3) is 4.95. The fraction of sp³-hybridized carbons (Fsp3) is 0.333. The Kier molecular flexibility index (Phi) is 5.08. The summed E-state index contributed by atoms with van der Waals surface area (Å²) in [6, 6.07) is 5.54. The fourth-order valence-corrected chi connectivity index (χ4v) is 2.05. The lowest BCUT2D eigenvalue weighted by Gasteiger charge is -2.19. The van der Waals surface area contributed by atoms with Crippen LogP contribution in [0.4, 0.5) is 5.69 Å². The van der Waals surface area contributed by atoms with Gasteiger partial charge in [0.15, 0.2) is 0 Å². The van der Waals surface area contributed by atoms with Crippen LogP contribution in [0.2, 0.25) is 5.02 Å². The smallest absolute Gasteiger partial charge is 0.328 e. The molecule has 0 fully saturated rings. The Labute approximate surface area is 143 Å². The van der Waals surface area contributed by atoms with Crippen LogP contribution in [0, 0.1) is 10.1 Å². The van der Waals surface area contributed by atoms with E-state index in [1.54, 1.807) is 33.0 Å². The van der Waals surface area contributed by atoms with Gasteiger partial charge in [0.25, 0.3) is 5.69 Å². The van der Waals surface area contributed by atoms with E-state index in [0.717, 1.165) is 0 Å². The summed E-state index contributed by atoms with van der Waals surface area (Å²) in [5.41, 5.74) is -0.779. The highest BCUT2D eigenvalue weighted by atomic mass is 35.5. The number of benzene rings is 1. The lowest BCUT2D eigenvalue weighted by molar-refractivity contribution is -0.384. The summed E-state index contributed by atoms with van der Waals surface area (Å²) in [6.45, 7) is 5.28. The molecule has 0 amide bonds. The van der Waals surface area contributed by atoms with E-state index in [1.807, 2.05) is 0 Å². The molecule has 1 heterocycles. The number of hydrogen-bond donors (Lipinski definition) is 0. The number of halogens is 1. The highest BCUT2D eigenvalue weighted by Gasteiger charge is 2.17. The van der Waals surface area contributed by atoms with Crippen molar-refractivity contribution in [1.82, 2.24) is 9.78 Å². The summed E-state index contributed by atoms with van der Waals surface area (Å²) in [5, 5.41) is 14.8. The molecule has 0 saturated carbocycles. The van der Waals surface area contributed by atoms with Crippen LogP contribution in [0.5, 0.6) is 11.6 Å². The van der Waals surface area contributed by atoms with E-state index in [-0.39, 0.29) is 23.1 Å². The van der Waals surface area contributed by atoms with Crippen molar-refractivity contribution >= 4 is 23.3 Å². The summed E-state index contributed by atoms with van der Waals surface area (Å²) in [6.07, 6.45) is 1.56. The normalized spacial score (nSPS) is 11.2. The molecule has 0 atom stereocenters. The zero-order valence-electron chi connectivity index (χ0n) is 13.4. The van der Waals surface area contributed by atoms with Crippen LogP contribution in [0.25, 0.3) is 0 Å². The largest absolute Gasteiger partial charge is 0.459 e. The molecule has 0 spiro atoms. The van der Waals surface area contributed by atoms with Gasteiger partial charge in [0.1, 0.15) is 22.9 Å². The summed E-state index contributed by atoms with van der Waals surface area (Å²) >= 11 is 5.82. The minimum Gasteiger partial charge on any atom is -0.459 e. The van der Waals surface area contributed by atoms with Crippen LogP contribution < -0.4 is 4.74 Å². The van der Waals surface area contributed by atoms with Gasteiger partial charge in [-0.25, -0.2) is 0 Å². The van der Waals surface area contributed by atoms with Gasteiger partial charge in [0.05, 0.1) is 4.92 Å². The molecule has 0 aliphatic carbocycles. The minimum atomic E-state index is -0.582. The van der Waals surface area contributed by atoms with Crippen LogP contribution in [0.3, 0.4) is 0 Å². The Hall–Kier alpha value is -2.61. The number of carbonyl (C=O) groups is 1. The standard InChI is InChI=1S/C15H16ClN3O5/c1-15(2,3)24-14(20)9-18-7-6-13(17-18)23-10-4-5-12(19(21)22)11(16)8-10/h4-8H,9H2,1-3H3. The van der Waals surface area contributed by atoms with Gasteiger partial charge < -0.3 is 9.47 Å².